The molecule has 0 fully saturated rings. The molecule has 0 amide bonds. The summed E-state index contributed by atoms with van der Waals surface area (Å²) < 4.78 is 12.2. The number of furan rings is 1. The van der Waals surface area contributed by atoms with E-state index in [1.165, 1.54) is 5.39 Å². The average Bonchev–Trinajstić information content (AvgIpc) is 4.26. The van der Waals surface area contributed by atoms with Crippen LogP contribution < -0.4 is 0 Å². The Morgan fingerprint density at radius 1 is 0.253 bits per heavy atom. The van der Waals surface area contributed by atoms with Crippen LogP contribution in [0.1, 0.15) is 0 Å². The topological polar surface area (TPSA) is 61.7 Å². The lowest BCUT2D eigenvalue weighted by atomic mass is 9.98. The van der Waals surface area contributed by atoms with Gasteiger partial charge in [0.2, 0.25) is 0 Å². The summed E-state index contributed by atoms with van der Waals surface area (Å²) in [5, 5.41) is 6.71. The molecule has 0 atom stereocenters. The molecule has 75 heavy (non-hydrogen) atoms. The standard InChI is InChI=1S/C69H43N5O/c1-4-20-44(21-5-1)49-26-10-12-31-58(49)68-70-67(71-69(72-68)59-32-13-11-27-50(59)45-22-6-2-7-23-45)47-36-38-48(39-37-47)73-61-34-18-15-29-52(61)54-40-42-56-57-43-41-55-53-30-16-19-35-62(53)74(64(55)66(57)75-65(56)63(54)73)60-33-17-14-28-51(60)46-24-8-3-9-25-46/h1-43H. The highest BCUT2D eigenvalue weighted by Crippen LogP contribution is 2.46. The maximum absolute atomic E-state index is 7.43. The first-order chi connectivity index (χ1) is 37.2. The van der Waals surface area contributed by atoms with Crippen molar-refractivity contribution < 1.29 is 4.42 Å². The van der Waals surface area contributed by atoms with Crippen molar-refractivity contribution in [1.29, 1.82) is 0 Å². The molecule has 0 saturated heterocycles. The lowest BCUT2D eigenvalue weighted by molar-refractivity contribution is 0.673. The Morgan fingerprint density at radius 3 is 1.17 bits per heavy atom. The van der Waals surface area contributed by atoms with Gasteiger partial charge in [0.25, 0.3) is 0 Å². The van der Waals surface area contributed by atoms with Gasteiger partial charge in [0.05, 0.1) is 27.8 Å². The van der Waals surface area contributed by atoms with E-state index in [0.29, 0.717) is 17.5 Å². The number of fused-ring (bicyclic) bond motifs is 11. The molecular weight excluding hydrogens is 915 g/mol. The molecule has 15 rings (SSSR count). The molecule has 350 valence electrons. The van der Waals surface area contributed by atoms with Gasteiger partial charge in [-0.2, -0.15) is 0 Å². The number of para-hydroxylation sites is 3. The van der Waals surface area contributed by atoms with Crippen molar-refractivity contribution in [2.24, 2.45) is 0 Å². The second-order valence-corrected chi connectivity index (χ2v) is 19.0. The quantitative estimate of drug-likeness (QED) is 0.152. The Balaban J connectivity index is 0.931. The maximum Gasteiger partial charge on any atom is 0.164 e. The third-order valence-electron chi connectivity index (χ3n) is 14.8. The van der Waals surface area contributed by atoms with Crippen molar-refractivity contribution in [2.45, 2.75) is 0 Å². The molecule has 6 nitrogen and oxygen atoms in total. The van der Waals surface area contributed by atoms with E-state index in [9.17, 15) is 0 Å². The van der Waals surface area contributed by atoms with E-state index in [2.05, 4.69) is 258 Å². The molecule has 4 heterocycles. The summed E-state index contributed by atoms with van der Waals surface area (Å²) in [6.45, 7) is 0. The molecule has 0 aliphatic carbocycles. The first-order valence-electron chi connectivity index (χ1n) is 25.4. The molecule has 0 N–H and O–H groups in total. The zero-order valence-corrected chi connectivity index (χ0v) is 40.5. The van der Waals surface area contributed by atoms with E-state index in [-0.39, 0.29) is 0 Å². The number of rotatable bonds is 8. The highest BCUT2D eigenvalue weighted by Gasteiger charge is 2.25. The van der Waals surface area contributed by atoms with E-state index >= 15 is 0 Å². The van der Waals surface area contributed by atoms with Crippen LogP contribution in [0.3, 0.4) is 0 Å². The zero-order chi connectivity index (χ0) is 49.4. The molecule has 0 radical (unpaired) electrons. The Bertz CT molecular complexity index is 4590. The van der Waals surface area contributed by atoms with Gasteiger partial charge in [-0.1, -0.05) is 206 Å². The van der Waals surface area contributed by atoms with Crippen LogP contribution in [-0.2, 0) is 0 Å². The van der Waals surface area contributed by atoms with E-state index in [1.807, 2.05) is 12.1 Å². The Hall–Kier alpha value is -10.2. The lowest BCUT2D eigenvalue weighted by Gasteiger charge is -2.14. The number of hydrogen-bond donors (Lipinski definition) is 0. The van der Waals surface area contributed by atoms with Crippen LogP contribution in [0.5, 0.6) is 0 Å². The molecule has 0 saturated carbocycles. The summed E-state index contributed by atoms with van der Waals surface area (Å²) in [6, 6.07) is 91.9. The van der Waals surface area contributed by atoms with E-state index in [4.69, 9.17) is 19.4 Å². The minimum Gasteiger partial charge on any atom is -0.452 e. The van der Waals surface area contributed by atoms with Crippen LogP contribution in [0.4, 0.5) is 0 Å². The summed E-state index contributed by atoms with van der Waals surface area (Å²) in [4.78, 5) is 15.9. The molecule has 15 aromatic rings. The van der Waals surface area contributed by atoms with Crippen LogP contribution in [0.15, 0.2) is 265 Å². The van der Waals surface area contributed by atoms with Gasteiger partial charge in [0, 0.05) is 60.3 Å². The van der Waals surface area contributed by atoms with Crippen molar-refractivity contribution >= 4 is 65.6 Å². The predicted octanol–water partition coefficient (Wildman–Crippen LogP) is 18.0. The molecule has 0 spiro atoms. The summed E-state index contributed by atoms with van der Waals surface area (Å²) in [5.41, 5.74) is 17.4. The molecule has 4 aromatic heterocycles. The number of hydrogen-bond acceptors (Lipinski definition) is 4. The third-order valence-corrected chi connectivity index (χ3v) is 14.8. The smallest absolute Gasteiger partial charge is 0.164 e. The molecule has 6 heteroatoms. The summed E-state index contributed by atoms with van der Waals surface area (Å²) in [7, 11) is 0. The van der Waals surface area contributed by atoms with Crippen molar-refractivity contribution in [3.63, 3.8) is 0 Å². The van der Waals surface area contributed by atoms with E-state index < -0.39 is 0 Å². The Kier molecular flexibility index (Phi) is 9.78. The minimum absolute atomic E-state index is 0.586. The molecular formula is C69H43N5O. The fraction of sp³-hybridized carbons (Fsp3) is 0. The van der Waals surface area contributed by atoms with E-state index in [0.717, 1.165) is 122 Å². The van der Waals surface area contributed by atoms with Crippen LogP contribution in [0, 0.1) is 0 Å². The molecule has 0 bridgehead atoms. The van der Waals surface area contributed by atoms with E-state index in [1.54, 1.807) is 0 Å². The highest BCUT2D eigenvalue weighted by atomic mass is 16.3. The first-order valence-corrected chi connectivity index (χ1v) is 25.4. The second kappa shape index (κ2) is 17.3. The molecule has 0 aliphatic heterocycles. The zero-order valence-electron chi connectivity index (χ0n) is 40.5. The van der Waals surface area contributed by atoms with Crippen LogP contribution >= 0.6 is 0 Å². The predicted molar refractivity (Wildman–Crippen MR) is 308 cm³/mol. The van der Waals surface area contributed by atoms with Crippen LogP contribution in [0.2, 0.25) is 0 Å². The van der Waals surface area contributed by atoms with Crippen molar-refractivity contribution in [3.8, 4) is 78.9 Å². The van der Waals surface area contributed by atoms with Gasteiger partial charge >= 0.3 is 0 Å². The summed E-state index contributed by atoms with van der Waals surface area (Å²) in [5.74, 6) is 1.79. The van der Waals surface area contributed by atoms with Gasteiger partial charge in [-0.05, 0) is 82.4 Å². The second-order valence-electron chi connectivity index (χ2n) is 19.0. The summed E-state index contributed by atoms with van der Waals surface area (Å²) >= 11 is 0. The highest BCUT2D eigenvalue weighted by molar-refractivity contribution is 6.26. The number of benzene rings is 11. The molecule has 0 unspecified atom stereocenters. The lowest BCUT2D eigenvalue weighted by Crippen LogP contribution is -2.02. The minimum atomic E-state index is 0.586. The SMILES string of the molecule is c1ccc(-c2ccccc2-c2nc(-c3ccc(-n4c5ccccc5c5ccc6c7ccc8c9ccccc9n(-c9ccccc9-c9ccccc9)c8c7oc6c54)cc3)nc(-c3ccccc3-c3ccccc3)n2)cc1. The van der Waals surface area contributed by atoms with Gasteiger partial charge < -0.3 is 13.6 Å². The van der Waals surface area contributed by atoms with Gasteiger partial charge in [-0.15, -0.1) is 0 Å². The first kappa shape index (κ1) is 42.5. The van der Waals surface area contributed by atoms with Crippen LogP contribution in [0.25, 0.3) is 144 Å². The number of aromatic nitrogens is 5. The molecule has 11 aromatic carbocycles. The third kappa shape index (κ3) is 6.84. The van der Waals surface area contributed by atoms with Crippen LogP contribution in [-0.4, -0.2) is 24.1 Å². The fourth-order valence-corrected chi connectivity index (χ4v) is 11.4. The average molecular weight is 958 g/mol. The van der Waals surface area contributed by atoms with Crippen molar-refractivity contribution in [2.75, 3.05) is 0 Å². The van der Waals surface area contributed by atoms with Gasteiger partial charge in [-0.3, -0.25) is 0 Å². The largest absolute Gasteiger partial charge is 0.452 e. The van der Waals surface area contributed by atoms with Crippen molar-refractivity contribution in [3.05, 3.63) is 261 Å². The fourth-order valence-electron chi connectivity index (χ4n) is 11.4. The van der Waals surface area contributed by atoms with Gasteiger partial charge in [-0.25, -0.2) is 15.0 Å². The van der Waals surface area contributed by atoms with Crippen molar-refractivity contribution in [1.82, 2.24) is 24.1 Å². The monoisotopic (exact) mass is 957 g/mol. The number of nitrogens with zero attached hydrogens (tertiary/aromatic N) is 5. The normalized spacial score (nSPS) is 11.7. The maximum atomic E-state index is 7.43. The molecule has 0 aliphatic rings. The Morgan fingerprint density at radius 2 is 0.640 bits per heavy atom. The van der Waals surface area contributed by atoms with Gasteiger partial charge in [0.1, 0.15) is 0 Å². The Labute approximate surface area is 431 Å². The summed E-state index contributed by atoms with van der Waals surface area (Å²) in [6.07, 6.45) is 0. The van der Waals surface area contributed by atoms with Gasteiger partial charge in [0.15, 0.2) is 28.6 Å².